The van der Waals surface area contributed by atoms with E-state index in [4.69, 9.17) is 4.74 Å². The highest BCUT2D eigenvalue weighted by atomic mass is 16.5. The molecule has 2 aliphatic heterocycles. The van der Waals surface area contributed by atoms with E-state index in [-0.39, 0.29) is 12.0 Å². The van der Waals surface area contributed by atoms with Crippen LogP contribution < -0.4 is 5.32 Å². The molecule has 2 aromatic heterocycles. The molecular weight excluding hydrogens is 306 g/mol. The molecule has 4 rings (SSSR count). The number of hydrogen-bond acceptors (Lipinski definition) is 5. The third kappa shape index (κ3) is 2.75. The molecule has 126 valence electrons. The van der Waals surface area contributed by atoms with Crippen molar-refractivity contribution in [1.82, 2.24) is 19.4 Å². The van der Waals surface area contributed by atoms with E-state index in [1.807, 2.05) is 34.8 Å². The molecule has 1 amide bonds. The lowest BCUT2D eigenvalue weighted by atomic mass is 9.93. The highest BCUT2D eigenvalue weighted by Gasteiger charge is 2.45. The maximum absolute atomic E-state index is 12.7. The topological polar surface area (TPSA) is 72.3 Å². The van der Waals surface area contributed by atoms with E-state index in [2.05, 4.69) is 15.3 Å². The first-order valence-electron chi connectivity index (χ1n) is 8.25. The van der Waals surface area contributed by atoms with E-state index in [1.54, 1.807) is 18.5 Å². The average Bonchev–Trinajstić information content (AvgIpc) is 3.29. The molecule has 7 heteroatoms. The number of likely N-dealkylation sites (tertiary alicyclic amines) is 1. The molecular formula is C17H21N5O2. The van der Waals surface area contributed by atoms with Crippen molar-refractivity contribution in [3.63, 3.8) is 0 Å². The van der Waals surface area contributed by atoms with Gasteiger partial charge in [-0.15, -0.1) is 0 Å². The van der Waals surface area contributed by atoms with E-state index >= 15 is 0 Å². The molecule has 1 N–H and O–H groups in total. The van der Waals surface area contributed by atoms with Crippen molar-refractivity contribution in [1.29, 1.82) is 0 Å². The largest absolute Gasteiger partial charge is 0.376 e. The second-order valence-electron chi connectivity index (χ2n) is 6.46. The smallest absolute Gasteiger partial charge is 0.270 e. The van der Waals surface area contributed by atoms with Crippen molar-refractivity contribution in [3.8, 4) is 0 Å². The van der Waals surface area contributed by atoms with Gasteiger partial charge in [0, 0.05) is 57.1 Å². The van der Waals surface area contributed by atoms with Crippen molar-refractivity contribution in [3.05, 3.63) is 42.5 Å². The molecule has 4 heterocycles. The van der Waals surface area contributed by atoms with E-state index in [1.165, 1.54) is 0 Å². The zero-order valence-corrected chi connectivity index (χ0v) is 13.6. The third-order valence-electron chi connectivity index (χ3n) is 4.98. The van der Waals surface area contributed by atoms with E-state index in [0.717, 1.165) is 25.4 Å². The number of rotatable bonds is 4. The maximum atomic E-state index is 12.7. The van der Waals surface area contributed by atoms with Crippen LogP contribution in [0.15, 0.2) is 36.8 Å². The van der Waals surface area contributed by atoms with Crippen molar-refractivity contribution >= 4 is 11.9 Å². The van der Waals surface area contributed by atoms with Crippen LogP contribution in [0, 0.1) is 11.8 Å². The molecule has 0 bridgehead atoms. The van der Waals surface area contributed by atoms with Crippen LogP contribution >= 0.6 is 0 Å². The Labute approximate surface area is 140 Å². The Balaban J connectivity index is 1.38. The molecule has 2 aliphatic rings. The van der Waals surface area contributed by atoms with Gasteiger partial charge in [-0.2, -0.15) is 0 Å². The van der Waals surface area contributed by atoms with Gasteiger partial charge in [-0.1, -0.05) is 0 Å². The van der Waals surface area contributed by atoms with Crippen molar-refractivity contribution in [2.24, 2.45) is 18.9 Å². The summed E-state index contributed by atoms with van der Waals surface area (Å²) in [7, 11) is 1.90. The number of anilines is 1. The SMILES string of the molecule is Cn1cccc1C(=O)N1C[C@@H]2[C@@H](CNc3ncccn3)CO[C@@H]2C1. The number of nitrogens with one attached hydrogen (secondary N) is 1. The Hall–Kier alpha value is -2.41. The first-order chi connectivity index (χ1) is 11.7. The van der Waals surface area contributed by atoms with Crippen LogP contribution in [-0.4, -0.2) is 57.7 Å². The van der Waals surface area contributed by atoms with Crippen LogP contribution in [0.2, 0.25) is 0 Å². The van der Waals surface area contributed by atoms with Crippen LogP contribution in [-0.2, 0) is 11.8 Å². The number of aryl methyl sites for hydroxylation is 1. The summed E-state index contributed by atoms with van der Waals surface area (Å²) in [6.45, 7) is 2.91. The van der Waals surface area contributed by atoms with Crippen LogP contribution in [0.5, 0.6) is 0 Å². The van der Waals surface area contributed by atoms with Crippen molar-refractivity contribution in [2.75, 3.05) is 31.6 Å². The normalized spacial score (nSPS) is 25.7. The summed E-state index contributed by atoms with van der Waals surface area (Å²) in [4.78, 5) is 22.9. The summed E-state index contributed by atoms with van der Waals surface area (Å²) in [6.07, 6.45) is 5.48. The number of ether oxygens (including phenoxy) is 1. The molecule has 2 saturated heterocycles. The van der Waals surface area contributed by atoms with Gasteiger partial charge in [-0.25, -0.2) is 9.97 Å². The number of aromatic nitrogens is 3. The van der Waals surface area contributed by atoms with Gasteiger partial charge in [0.25, 0.3) is 5.91 Å². The van der Waals surface area contributed by atoms with Crippen molar-refractivity contribution in [2.45, 2.75) is 6.10 Å². The fourth-order valence-corrected chi connectivity index (χ4v) is 3.63. The number of fused-ring (bicyclic) bond motifs is 1. The van der Waals surface area contributed by atoms with E-state index < -0.39 is 0 Å². The lowest BCUT2D eigenvalue weighted by molar-refractivity contribution is 0.0672. The number of nitrogens with zero attached hydrogens (tertiary/aromatic N) is 4. The molecule has 2 aromatic rings. The number of carbonyl (C=O) groups excluding carboxylic acids is 1. The highest BCUT2D eigenvalue weighted by Crippen LogP contribution is 2.34. The minimum atomic E-state index is 0.0820. The second-order valence-corrected chi connectivity index (χ2v) is 6.46. The summed E-state index contributed by atoms with van der Waals surface area (Å²) < 4.78 is 7.79. The molecule has 24 heavy (non-hydrogen) atoms. The van der Waals surface area contributed by atoms with E-state index in [0.29, 0.717) is 24.3 Å². The van der Waals surface area contributed by atoms with Crippen LogP contribution in [0.3, 0.4) is 0 Å². The van der Waals surface area contributed by atoms with Crippen LogP contribution in [0.4, 0.5) is 5.95 Å². The summed E-state index contributed by atoms with van der Waals surface area (Å²) in [5.74, 6) is 1.45. The zero-order chi connectivity index (χ0) is 16.5. The Bertz CT molecular complexity index is 717. The molecule has 0 spiro atoms. The molecule has 0 radical (unpaired) electrons. The molecule has 3 atom stereocenters. The van der Waals surface area contributed by atoms with Gasteiger partial charge in [0.15, 0.2) is 0 Å². The Morgan fingerprint density at radius 1 is 1.33 bits per heavy atom. The third-order valence-corrected chi connectivity index (χ3v) is 4.98. The standard InChI is InChI=1S/C17H21N5O2/c1-21-7-2-4-14(21)16(23)22-9-13-12(11-24-15(13)10-22)8-20-17-18-5-3-6-19-17/h2-7,12-13,15H,8-11H2,1H3,(H,18,19,20)/t12-,13+,15+/m0/s1. The summed E-state index contributed by atoms with van der Waals surface area (Å²) in [6, 6.07) is 5.56. The van der Waals surface area contributed by atoms with Gasteiger partial charge >= 0.3 is 0 Å². The zero-order valence-electron chi connectivity index (χ0n) is 13.6. The van der Waals surface area contributed by atoms with Gasteiger partial charge in [-0.05, 0) is 18.2 Å². The molecule has 0 saturated carbocycles. The monoisotopic (exact) mass is 327 g/mol. The first kappa shape index (κ1) is 15.1. The van der Waals surface area contributed by atoms with Crippen LogP contribution in [0.1, 0.15) is 10.5 Å². The Morgan fingerprint density at radius 2 is 2.17 bits per heavy atom. The van der Waals surface area contributed by atoms with Crippen LogP contribution in [0.25, 0.3) is 0 Å². The number of carbonyl (C=O) groups is 1. The fraction of sp³-hybridized carbons (Fsp3) is 0.471. The summed E-state index contributed by atoms with van der Waals surface area (Å²) in [5, 5.41) is 3.27. The first-order valence-corrected chi connectivity index (χ1v) is 8.25. The highest BCUT2D eigenvalue weighted by molar-refractivity contribution is 5.93. The molecule has 0 aromatic carbocycles. The Kier molecular flexibility index (Phi) is 3.93. The second kappa shape index (κ2) is 6.24. The van der Waals surface area contributed by atoms with Crippen molar-refractivity contribution < 1.29 is 9.53 Å². The maximum Gasteiger partial charge on any atom is 0.270 e. The van der Waals surface area contributed by atoms with Gasteiger partial charge < -0.3 is 19.5 Å². The molecule has 0 unspecified atom stereocenters. The predicted octanol–water partition coefficient (Wildman–Crippen LogP) is 1.01. The molecule has 7 nitrogen and oxygen atoms in total. The molecule has 0 aliphatic carbocycles. The quantitative estimate of drug-likeness (QED) is 0.907. The lowest BCUT2D eigenvalue weighted by Crippen LogP contribution is -2.33. The van der Waals surface area contributed by atoms with Gasteiger partial charge in [-0.3, -0.25) is 4.79 Å². The average molecular weight is 327 g/mol. The van der Waals surface area contributed by atoms with E-state index in [9.17, 15) is 4.79 Å². The Morgan fingerprint density at radius 3 is 2.92 bits per heavy atom. The minimum Gasteiger partial charge on any atom is -0.376 e. The summed E-state index contributed by atoms with van der Waals surface area (Å²) in [5.41, 5.74) is 0.724. The fourth-order valence-electron chi connectivity index (χ4n) is 3.63. The summed E-state index contributed by atoms with van der Waals surface area (Å²) >= 11 is 0. The minimum absolute atomic E-state index is 0.0820. The number of hydrogen-bond donors (Lipinski definition) is 1. The predicted molar refractivity (Wildman–Crippen MR) is 88.6 cm³/mol. The lowest BCUT2D eigenvalue weighted by Gasteiger charge is -2.20. The number of amides is 1. The van der Waals surface area contributed by atoms with Gasteiger partial charge in [0.2, 0.25) is 5.95 Å². The van der Waals surface area contributed by atoms with Gasteiger partial charge in [0.05, 0.1) is 12.7 Å². The van der Waals surface area contributed by atoms with Gasteiger partial charge in [0.1, 0.15) is 5.69 Å². The molecule has 2 fully saturated rings.